The Morgan fingerprint density at radius 3 is 2.83 bits per heavy atom. The Morgan fingerprint density at radius 1 is 1.61 bits per heavy atom. The number of carboxylic acids is 1. The van der Waals surface area contributed by atoms with E-state index in [1.165, 1.54) is 5.56 Å². The van der Waals surface area contributed by atoms with Gasteiger partial charge in [0, 0.05) is 0 Å². The fourth-order valence-corrected chi connectivity index (χ4v) is 3.08. The molecule has 1 aliphatic carbocycles. The van der Waals surface area contributed by atoms with Crippen LogP contribution < -0.4 is 4.74 Å². The molecule has 0 aromatic heterocycles. The predicted octanol–water partition coefficient (Wildman–Crippen LogP) is 3.36. The van der Waals surface area contributed by atoms with Gasteiger partial charge >= 0.3 is 5.97 Å². The van der Waals surface area contributed by atoms with Crippen molar-refractivity contribution >= 4 is 21.9 Å². The maximum Gasteiger partial charge on any atom is 0.306 e. The highest BCUT2D eigenvalue weighted by atomic mass is 79.9. The van der Waals surface area contributed by atoms with E-state index in [-0.39, 0.29) is 5.92 Å². The Bertz CT molecular complexity index is 458. The first kappa shape index (κ1) is 13.4. The molecule has 1 fully saturated rings. The number of aliphatic carboxylic acids is 1. The molecule has 1 saturated carbocycles. The summed E-state index contributed by atoms with van der Waals surface area (Å²) in [6.45, 7) is 2.13. The molecule has 0 aliphatic heterocycles. The molecular weight excluding hydrogens is 296 g/mol. The van der Waals surface area contributed by atoms with Crippen molar-refractivity contribution in [1.82, 2.24) is 0 Å². The highest BCUT2D eigenvalue weighted by Gasteiger charge is 2.45. The van der Waals surface area contributed by atoms with Gasteiger partial charge in [-0.15, -0.1) is 0 Å². The van der Waals surface area contributed by atoms with Crippen molar-refractivity contribution in [2.45, 2.75) is 19.8 Å². The first-order valence-corrected chi connectivity index (χ1v) is 6.87. The minimum absolute atomic E-state index is 0.123. The number of hydrogen-bond acceptors (Lipinski definition) is 2. The van der Waals surface area contributed by atoms with Gasteiger partial charge in [-0.3, -0.25) is 4.79 Å². The monoisotopic (exact) mass is 312 g/mol. The number of rotatable bonds is 5. The summed E-state index contributed by atoms with van der Waals surface area (Å²) in [5, 5.41) is 8.93. The van der Waals surface area contributed by atoms with E-state index in [0.29, 0.717) is 11.8 Å². The van der Waals surface area contributed by atoms with Crippen LogP contribution in [0.1, 0.15) is 18.9 Å². The molecule has 3 atom stereocenters. The van der Waals surface area contributed by atoms with Gasteiger partial charge in [0.05, 0.1) is 17.5 Å². The fourth-order valence-electron chi connectivity index (χ4n) is 2.49. The number of hydrogen-bond donors (Lipinski definition) is 1. The minimum atomic E-state index is -0.650. The van der Waals surface area contributed by atoms with E-state index >= 15 is 0 Å². The van der Waals surface area contributed by atoms with Crippen LogP contribution in [-0.2, 0) is 11.2 Å². The molecule has 0 saturated heterocycles. The smallest absolute Gasteiger partial charge is 0.306 e. The van der Waals surface area contributed by atoms with Crippen LogP contribution in [0.25, 0.3) is 0 Å². The van der Waals surface area contributed by atoms with Crippen molar-refractivity contribution < 1.29 is 14.6 Å². The Labute approximate surface area is 115 Å². The van der Waals surface area contributed by atoms with Gasteiger partial charge in [-0.05, 0) is 58.3 Å². The molecule has 0 bridgehead atoms. The van der Waals surface area contributed by atoms with Crippen LogP contribution in [0.15, 0.2) is 22.7 Å². The highest BCUT2D eigenvalue weighted by Crippen LogP contribution is 2.45. The van der Waals surface area contributed by atoms with Crippen LogP contribution in [0, 0.1) is 17.8 Å². The lowest BCUT2D eigenvalue weighted by atomic mass is 9.95. The van der Waals surface area contributed by atoms with Crippen molar-refractivity contribution in [3.63, 3.8) is 0 Å². The lowest BCUT2D eigenvalue weighted by Gasteiger charge is -2.12. The van der Waals surface area contributed by atoms with Crippen LogP contribution in [-0.4, -0.2) is 18.2 Å². The van der Waals surface area contributed by atoms with Gasteiger partial charge in [-0.25, -0.2) is 0 Å². The van der Waals surface area contributed by atoms with Gasteiger partial charge in [0.15, 0.2) is 0 Å². The number of ether oxygens (including phenoxy) is 1. The summed E-state index contributed by atoms with van der Waals surface area (Å²) in [7, 11) is 1.64. The highest BCUT2D eigenvalue weighted by molar-refractivity contribution is 9.10. The lowest BCUT2D eigenvalue weighted by Crippen LogP contribution is -2.08. The molecule has 3 unspecified atom stereocenters. The molecule has 0 heterocycles. The van der Waals surface area contributed by atoms with Crippen LogP contribution in [0.4, 0.5) is 0 Å². The minimum Gasteiger partial charge on any atom is -0.496 e. The van der Waals surface area contributed by atoms with Crippen molar-refractivity contribution in [2.24, 2.45) is 17.8 Å². The summed E-state index contributed by atoms with van der Waals surface area (Å²) in [6, 6.07) is 6.03. The Balaban J connectivity index is 1.98. The SMILES string of the molecule is COc1ccc(CC(C)C2CC2C(=O)O)cc1Br. The zero-order chi connectivity index (χ0) is 13.3. The molecule has 1 N–H and O–H groups in total. The first-order valence-electron chi connectivity index (χ1n) is 6.08. The normalized spacial score (nSPS) is 23.5. The first-order chi connectivity index (χ1) is 8.52. The molecular formula is C14H17BrO3. The van der Waals surface area contributed by atoms with Gasteiger partial charge in [0.1, 0.15) is 5.75 Å². The quantitative estimate of drug-likeness (QED) is 0.907. The molecule has 1 aliphatic rings. The number of carboxylic acid groups (broad SMARTS) is 1. The third kappa shape index (κ3) is 2.86. The summed E-state index contributed by atoms with van der Waals surface area (Å²) >= 11 is 3.47. The third-order valence-corrected chi connectivity index (χ3v) is 4.28. The number of benzene rings is 1. The van der Waals surface area contributed by atoms with Crippen molar-refractivity contribution in [1.29, 1.82) is 0 Å². The van der Waals surface area contributed by atoms with Crippen LogP contribution >= 0.6 is 15.9 Å². The van der Waals surface area contributed by atoms with Gasteiger partial charge in [-0.2, -0.15) is 0 Å². The molecule has 3 nitrogen and oxygen atoms in total. The van der Waals surface area contributed by atoms with Crippen molar-refractivity contribution in [3.8, 4) is 5.75 Å². The Kier molecular flexibility index (Phi) is 3.95. The van der Waals surface area contributed by atoms with E-state index in [0.717, 1.165) is 23.1 Å². The maximum atomic E-state index is 10.8. The summed E-state index contributed by atoms with van der Waals surface area (Å²) in [4.78, 5) is 10.8. The predicted molar refractivity (Wildman–Crippen MR) is 72.8 cm³/mol. The average molecular weight is 313 g/mol. The topological polar surface area (TPSA) is 46.5 Å². The molecule has 98 valence electrons. The van der Waals surface area contributed by atoms with E-state index in [1.54, 1.807) is 7.11 Å². The standard InChI is InChI=1S/C14H17BrO3/c1-8(10-7-11(10)14(16)17)5-9-3-4-13(18-2)12(15)6-9/h3-4,6,8,10-11H,5,7H2,1-2H3,(H,16,17). The molecule has 2 rings (SSSR count). The van der Waals surface area contributed by atoms with Gasteiger partial charge in [-0.1, -0.05) is 13.0 Å². The molecule has 4 heteroatoms. The largest absolute Gasteiger partial charge is 0.496 e. The number of carbonyl (C=O) groups is 1. The second-order valence-electron chi connectivity index (χ2n) is 4.99. The van der Waals surface area contributed by atoms with Crippen LogP contribution in [0.2, 0.25) is 0 Å². The molecule has 18 heavy (non-hydrogen) atoms. The van der Waals surface area contributed by atoms with Crippen LogP contribution in [0.5, 0.6) is 5.75 Å². The van der Waals surface area contributed by atoms with E-state index in [4.69, 9.17) is 9.84 Å². The molecule has 0 spiro atoms. The third-order valence-electron chi connectivity index (χ3n) is 3.66. The Morgan fingerprint density at radius 2 is 2.33 bits per heavy atom. The number of halogens is 1. The lowest BCUT2D eigenvalue weighted by molar-refractivity contribution is -0.139. The summed E-state index contributed by atoms with van der Waals surface area (Å²) in [5.41, 5.74) is 1.21. The molecule has 1 aromatic carbocycles. The van der Waals surface area contributed by atoms with E-state index in [2.05, 4.69) is 22.9 Å². The van der Waals surface area contributed by atoms with Gasteiger partial charge in [0.2, 0.25) is 0 Å². The second kappa shape index (κ2) is 5.31. The average Bonchev–Trinajstić information content (AvgIpc) is 3.09. The number of methoxy groups -OCH3 is 1. The van der Waals surface area contributed by atoms with Gasteiger partial charge < -0.3 is 9.84 Å². The van der Waals surface area contributed by atoms with E-state index in [1.807, 2.05) is 18.2 Å². The van der Waals surface area contributed by atoms with Crippen LogP contribution in [0.3, 0.4) is 0 Å². The summed E-state index contributed by atoms with van der Waals surface area (Å²) in [6.07, 6.45) is 1.74. The zero-order valence-electron chi connectivity index (χ0n) is 10.5. The molecule has 1 aromatic rings. The van der Waals surface area contributed by atoms with Gasteiger partial charge in [0.25, 0.3) is 0 Å². The molecule has 0 radical (unpaired) electrons. The fraction of sp³-hybridized carbons (Fsp3) is 0.500. The second-order valence-corrected chi connectivity index (χ2v) is 5.85. The zero-order valence-corrected chi connectivity index (χ0v) is 12.1. The van der Waals surface area contributed by atoms with E-state index in [9.17, 15) is 4.79 Å². The molecule has 0 amide bonds. The summed E-state index contributed by atoms with van der Waals surface area (Å²) < 4.78 is 6.13. The van der Waals surface area contributed by atoms with E-state index < -0.39 is 5.97 Å². The van der Waals surface area contributed by atoms with Crippen molar-refractivity contribution in [3.05, 3.63) is 28.2 Å². The summed E-state index contributed by atoms with van der Waals surface area (Å²) in [5.74, 6) is 0.792. The Hall–Kier alpha value is -1.03. The maximum absolute atomic E-state index is 10.8. The van der Waals surface area contributed by atoms with Crippen molar-refractivity contribution in [2.75, 3.05) is 7.11 Å².